The van der Waals surface area contributed by atoms with Gasteiger partial charge in [0.1, 0.15) is 17.0 Å². The molecule has 0 saturated heterocycles. The first-order valence-corrected chi connectivity index (χ1v) is 18.2. The molecule has 3 aromatic carbocycles. The summed E-state index contributed by atoms with van der Waals surface area (Å²) < 4.78 is 20.6. The van der Waals surface area contributed by atoms with E-state index in [0.717, 1.165) is 23.1 Å². The van der Waals surface area contributed by atoms with Crippen LogP contribution in [0.15, 0.2) is 89.8 Å². The third kappa shape index (κ3) is 12.1. The first kappa shape index (κ1) is 39.9. The maximum absolute atomic E-state index is 14.3. The fourth-order valence-corrected chi connectivity index (χ4v) is 7.24. The molecule has 0 aromatic heterocycles. The van der Waals surface area contributed by atoms with Crippen LogP contribution in [0.2, 0.25) is 0 Å². The Labute approximate surface area is 295 Å². The molecule has 3 aromatic rings. The van der Waals surface area contributed by atoms with E-state index in [2.05, 4.69) is 45.3 Å². The zero-order chi connectivity index (χ0) is 36.0. The third-order valence-corrected chi connectivity index (χ3v) is 10.4. The normalized spacial score (nSPS) is 14.3. The third-order valence-electron chi connectivity index (χ3n) is 8.85. The summed E-state index contributed by atoms with van der Waals surface area (Å²) >= 11 is 0. The lowest BCUT2D eigenvalue weighted by Gasteiger charge is -2.35. The minimum Gasteiger partial charge on any atom is -0.453 e. The van der Waals surface area contributed by atoms with Crippen LogP contribution in [0, 0.1) is 11.3 Å². The summed E-state index contributed by atoms with van der Waals surface area (Å²) in [4.78, 5) is 27.5. The molecule has 4 unspecified atom stereocenters. The van der Waals surface area contributed by atoms with E-state index in [1.165, 1.54) is 7.11 Å². The Balaban J connectivity index is 1.83. The SMILES string of the molecule is COC(=O)NC(C(=O)NC(CCCC(CO)N(CCC(C)C)S(=O)c1ccc(CO)cc1)C(C)(C)C)C(c1ccccc1)c1ccccc1. The molecule has 0 bridgehead atoms. The largest absolute Gasteiger partial charge is 0.453 e. The first-order valence-electron chi connectivity index (χ1n) is 17.1. The van der Waals surface area contributed by atoms with E-state index >= 15 is 0 Å². The standard InChI is InChI=1S/C39H55N3O6S/c1-28(2)24-25-42(49(47)33-22-20-29(26-43)21-23-33)32(27-44)18-13-19-34(39(3,4)5)40-37(45)36(41-38(46)48-6)35(30-14-9-7-10-15-30)31-16-11-8-12-17-31/h7-12,14-17,20-23,28,32,34-36,43-44H,13,18-19,24-27H2,1-6H3,(H,40,45)(H,41,46). The topological polar surface area (TPSA) is 128 Å². The van der Waals surface area contributed by atoms with Crippen LogP contribution in [0.4, 0.5) is 4.79 Å². The van der Waals surface area contributed by atoms with Crippen molar-refractivity contribution in [3.8, 4) is 0 Å². The molecule has 268 valence electrons. The number of nitrogens with one attached hydrogen (secondary N) is 2. The Kier molecular flexibility index (Phi) is 15.9. The highest BCUT2D eigenvalue weighted by Crippen LogP contribution is 2.30. The van der Waals surface area contributed by atoms with Crippen molar-refractivity contribution in [3.63, 3.8) is 0 Å². The second-order valence-electron chi connectivity index (χ2n) is 14.0. The predicted molar refractivity (Wildman–Crippen MR) is 195 cm³/mol. The Morgan fingerprint density at radius 2 is 1.41 bits per heavy atom. The van der Waals surface area contributed by atoms with Gasteiger partial charge in [0.05, 0.1) is 25.2 Å². The van der Waals surface area contributed by atoms with Gasteiger partial charge < -0.3 is 25.6 Å². The molecule has 0 saturated carbocycles. The minimum absolute atomic E-state index is 0.0899. The monoisotopic (exact) mass is 693 g/mol. The lowest BCUT2D eigenvalue weighted by molar-refractivity contribution is -0.125. The molecule has 2 amide bonds. The van der Waals surface area contributed by atoms with Crippen molar-refractivity contribution in [2.24, 2.45) is 11.3 Å². The van der Waals surface area contributed by atoms with E-state index in [1.54, 1.807) is 24.3 Å². The highest BCUT2D eigenvalue weighted by Gasteiger charge is 2.36. The molecule has 3 rings (SSSR count). The predicted octanol–water partition coefficient (Wildman–Crippen LogP) is 6.17. The average molecular weight is 694 g/mol. The Morgan fingerprint density at radius 3 is 1.88 bits per heavy atom. The van der Waals surface area contributed by atoms with Crippen molar-refractivity contribution < 1.29 is 28.7 Å². The van der Waals surface area contributed by atoms with Crippen LogP contribution in [0.1, 0.15) is 82.9 Å². The molecule has 49 heavy (non-hydrogen) atoms. The van der Waals surface area contributed by atoms with Gasteiger partial charge in [0, 0.05) is 24.5 Å². The van der Waals surface area contributed by atoms with Gasteiger partial charge in [-0.05, 0) is 65.8 Å². The summed E-state index contributed by atoms with van der Waals surface area (Å²) in [5, 5.41) is 26.1. The van der Waals surface area contributed by atoms with E-state index < -0.39 is 29.0 Å². The fourth-order valence-electron chi connectivity index (χ4n) is 5.88. The van der Waals surface area contributed by atoms with Gasteiger partial charge in [-0.25, -0.2) is 13.3 Å². The summed E-state index contributed by atoms with van der Waals surface area (Å²) in [7, 11) is -0.224. The molecule has 0 heterocycles. The van der Waals surface area contributed by atoms with E-state index in [-0.39, 0.29) is 36.6 Å². The van der Waals surface area contributed by atoms with Crippen molar-refractivity contribution >= 4 is 23.0 Å². The van der Waals surface area contributed by atoms with Gasteiger partial charge in [-0.2, -0.15) is 0 Å². The highest BCUT2D eigenvalue weighted by atomic mass is 32.2. The van der Waals surface area contributed by atoms with Crippen LogP contribution in [0.5, 0.6) is 0 Å². The van der Waals surface area contributed by atoms with Crippen molar-refractivity contribution in [2.45, 2.75) is 95.8 Å². The lowest BCUT2D eigenvalue weighted by atomic mass is 9.81. The van der Waals surface area contributed by atoms with E-state index in [1.807, 2.05) is 65.0 Å². The number of ether oxygens (including phenoxy) is 1. The number of benzene rings is 3. The Hall–Kier alpha value is -3.57. The maximum atomic E-state index is 14.3. The van der Waals surface area contributed by atoms with Gasteiger partial charge in [0.2, 0.25) is 5.91 Å². The van der Waals surface area contributed by atoms with Crippen LogP contribution in [0.25, 0.3) is 0 Å². The second kappa shape index (κ2) is 19.6. The molecule has 4 N–H and O–H groups in total. The van der Waals surface area contributed by atoms with Crippen LogP contribution < -0.4 is 10.6 Å². The molecule has 0 fully saturated rings. The second-order valence-corrected chi connectivity index (χ2v) is 15.4. The van der Waals surface area contributed by atoms with E-state index in [9.17, 15) is 24.0 Å². The quantitative estimate of drug-likeness (QED) is 0.126. The van der Waals surface area contributed by atoms with E-state index in [4.69, 9.17) is 4.74 Å². The lowest BCUT2D eigenvalue weighted by Crippen LogP contribution is -2.55. The van der Waals surface area contributed by atoms with Crippen LogP contribution in [-0.2, 0) is 27.1 Å². The summed E-state index contributed by atoms with van der Waals surface area (Å²) in [6.45, 7) is 10.7. The van der Waals surface area contributed by atoms with Crippen molar-refractivity contribution in [1.82, 2.24) is 14.9 Å². The smallest absolute Gasteiger partial charge is 0.407 e. The summed E-state index contributed by atoms with van der Waals surface area (Å²) in [5.41, 5.74) is 2.17. The van der Waals surface area contributed by atoms with Crippen molar-refractivity contribution in [2.75, 3.05) is 20.3 Å². The Bertz CT molecular complexity index is 1410. The molecule has 0 radical (unpaired) electrons. The van der Waals surface area contributed by atoms with Gasteiger partial charge in [0.25, 0.3) is 0 Å². The van der Waals surface area contributed by atoms with Crippen molar-refractivity contribution in [1.29, 1.82) is 0 Å². The van der Waals surface area contributed by atoms with Crippen molar-refractivity contribution in [3.05, 3.63) is 102 Å². The molecule has 0 aliphatic rings. The number of hydrogen-bond acceptors (Lipinski definition) is 6. The number of carbonyl (C=O) groups is 2. The number of rotatable bonds is 18. The summed E-state index contributed by atoms with van der Waals surface area (Å²) in [5.74, 6) is -0.414. The van der Waals surface area contributed by atoms with Gasteiger partial charge >= 0.3 is 6.09 Å². The molecule has 0 aliphatic carbocycles. The molecule has 0 spiro atoms. The maximum Gasteiger partial charge on any atom is 0.407 e. The van der Waals surface area contributed by atoms with Crippen LogP contribution in [0.3, 0.4) is 0 Å². The number of amides is 2. The van der Waals surface area contributed by atoms with Crippen LogP contribution in [-0.4, -0.2) is 69.1 Å². The molecule has 10 heteroatoms. The van der Waals surface area contributed by atoms with Gasteiger partial charge in [0.15, 0.2) is 0 Å². The molecule has 4 atom stereocenters. The minimum atomic E-state index is -1.50. The fraction of sp³-hybridized carbons (Fsp3) is 0.487. The molecular weight excluding hydrogens is 639 g/mol. The number of aliphatic hydroxyl groups excluding tert-OH is 2. The zero-order valence-corrected chi connectivity index (χ0v) is 30.6. The zero-order valence-electron chi connectivity index (χ0n) is 29.8. The molecule has 0 aliphatic heterocycles. The van der Waals surface area contributed by atoms with Crippen LogP contribution >= 0.6 is 0 Å². The average Bonchev–Trinajstić information content (AvgIpc) is 3.10. The highest BCUT2D eigenvalue weighted by molar-refractivity contribution is 7.82. The number of carbonyl (C=O) groups excluding carboxylic acids is 2. The molecule has 9 nitrogen and oxygen atoms in total. The van der Waals surface area contributed by atoms with Gasteiger partial charge in [-0.1, -0.05) is 107 Å². The number of nitrogens with zero attached hydrogens (tertiary/aromatic N) is 1. The first-order chi connectivity index (χ1) is 23.4. The summed E-state index contributed by atoms with van der Waals surface area (Å²) in [6, 6.07) is 24.7. The van der Waals surface area contributed by atoms with Gasteiger partial charge in [-0.15, -0.1) is 0 Å². The van der Waals surface area contributed by atoms with E-state index in [0.29, 0.717) is 36.6 Å². The van der Waals surface area contributed by atoms with Gasteiger partial charge in [-0.3, -0.25) is 4.79 Å². The summed E-state index contributed by atoms with van der Waals surface area (Å²) in [6.07, 6.45) is 1.94. The Morgan fingerprint density at radius 1 is 0.837 bits per heavy atom. The number of methoxy groups -OCH3 is 1. The number of alkyl carbamates (subject to hydrolysis) is 1. The molecular formula is C39H55N3O6S. The number of hydrogen-bond donors (Lipinski definition) is 4. The number of aliphatic hydroxyl groups is 2.